The van der Waals surface area contributed by atoms with Crippen molar-refractivity contribution < 1.29 is 13.9 Å². The molecule has 0 bridgehead atoms. The molecule has 4 nitrogen and oxygen atoms in total. The topological polar surface area (TPSA) is 48.7 Å². The smallest absolute Gasteiger partial charge is 0.197 e. The molecule has 0 aliphatic rings. The van der Waals surface area contributed by atoms with Crippen LogP contribution in [0.4, 0.5) is 0 Å². The van der Waals surface area contributed by atoms with E-state index >= 15 is 0 Å². The summed E-state index contributed by atoms with van der Waals surface area (Å²) in [5.41, 5.74) is 1.22. The van der Waals surface area contributed by atoms with Crippen LogP contribution in [-0.2, 0) is 0 Å². The van der Waals surface area contributed by atoms with Gasteiger partial charge in [0.15, 0.2) is 5.43 Å². The molecule has 124 valence electrons. The number of fused-ring (bicyclic) bond motifs is 1. The van der Waals surface area contributed by atoms with Gasteiger partial charge in [-0.05, 0) is 42.5 Å². The number of ether oxygens (including phenoxy) is 2. The second-order valence-electron chi connectivity index (χ2n) is 5.12. The van der Waals surface area contributed by atoms with Crippen LogP contribution in [0.2, 0.25) is 0 Å². The summed E-state index contributed by atoms with van der Waals surface area (Å²) in [4.78, 5) is 12.7. The molecule has 0 spiro atoms. The highest BCUT2D eigenvalue weighted by Crippen LogP contribution is 2.33. The van der Waals surface area contributed by atoms with Crippen molar-refractivity contribution in [2.75, 3.05) is 13.2 Å². The monoisotopic (exact) mass is 436 g/mol. The minimum absolute atomic E-state index is 0.127. The van der Waals surface area contributed by atoms with E-state index in [0.29, 0.717) is 41.4 Å². The molecule has 0 aliphatic carbocycles. The highest BCUT2D eigenvalue weighted by atomic mass is 127. The first kappa shape index (κ1) is 16.8. The summed E-state index contributed by atoms with van der Waals surface area (Å²) < 4.78 is 18.2. The molecule has 0 amide bonds. The summed E-state index contributed by atoms with van der Waals surface area (Å²) in [6, 6.07) is 12.8. The van der Waals surface area contributed by atoms with Gasteiger partial charge in [-0.25, -0.2) is 0 Å². The standard InChI is InChI=1S/C19H17IO4/c1-3-22-12-9-17(23-4-2)19-15(21)11-16(24-18(19)10-12)13-7-5-6-8-14(13)20/h5-11H,3-4H2,1-2H3. The number of benzene rings is 2. The van der Waals surface area contributed by atoms with Crippen LogP contribution in [0.1, 0.15) is 13.8 Å². The summed E-state index contributed by atoms with van der Waals surface area (Å²) in [7, 11) is 0. The van der Waals surface area contributed by atoms with Crippen molar-refractivity contribution in [1.29, 1.82) is 0 Å². The third kappa shape index (κ3) is 3.26. The van der Waals surface area contributed by atoms with Crippen molar-refractivity contribution in [1.82, 2.24) is 0 Å². The molecule has 1 aromatic heterocycles. The quantitative estimate of drug-likeness (QED) is 0.536. The van der Waals surface area contributed by atoms with Crippen LogP contribution in [0.3, 0.4) is 0 Å². The van der Waals surface area contributed by atoms with E-state index in [-0.39, 0.29) is 5.43 Å². The maximum Gasteiger partial charge on any atom is 0.197 e. The minimum atomic E-state index is -0.127. The van der Waals surface area contributed by atoms with Gasteiger partial charge in [-0.3, -0.25) is 4.79 Å². The van der Waals surface area contributed by atoms with E-state index in [9.17, 15) is 4.79 Å². The Morgan fingerprint density at radius 3 is 2.50 bits per heavy atom. The molecule has 0 radical (unpaired) electrons. The molecule has 24 heavy (non-hydrogen) atoms. The van der Waals surface area contributed by atoms with E-state index in [1.165, 1.54) is 6.07 Å². The second kappa shape index (κ2) is 7.25. The van der Waals surface area contributed by atoms with Crippen molar-refractivity contribution in [3.8, 4) is 22.8 Å². The predicted molar refractivity (Wildman–Crippen MR) is 103 cm³/mol. The molecule has 0 saturated heterocycles. The van der Waals surface area contributed by atoms with Gasteiger partial charge in [0.05, 0.1) is 13.2 Å². The lowest BCUT2D eigenvalue weighted by Crippen LogP contribution is -2.05. The third-order valence-corrected chi connectivity index (χ3v) is 4.46. The Bertz CT molecular complexity index is 930. The van der Waals surface area contributed by atoms with Crippen molar-refractivity contribution in [2.24, 2.45) is 0 Å². The van der Waals surface area contributed by atoms with Crippen LogP contribution in [0.25, 0.3) is 22.3 Å². The van der Waals surface area contributed by atoms with Crippen LogP contribution in [0.5, 0.6) is 11.5 Å². The van der Waals surface area contributed by atoms with Crippen LogP contribution < -0.4 is 14.9 Å². The number of hydrogen-bond donors (Lipinski definition) is 0. The van der Waals surface area contributed by atoms with Gasteiger partial charge in [0.1, 0.15) is 28.2 Å². The number of rotatable bonds is 5. The van der Waals surface area contributed by atoms with Gasteiger partial charge in [-0.15, -0.1) is 0 Å². The van der Waals surface area contributed by atoms with Gasteiger partial charge in [0, 0.05) is 27.3 Å². The average molecular weight is 436 g/mol. The lowest BCUT2D eigenvalue weighted by Gasteiger charge is -2.11. The first-order chi connectivity index (χ1) is 11.6. The third-order valence-electron chi connectivity index (χ3n) is 3.52. The summed E-state index contributed by atoms with van der Waals surface area (Å²) in [6.45, 7) is 4.77. The van der Waals surface area contributed by atoms with Crippen LogP contribution in [0, 0.1) is 3.57 Å². The fraction of sp³-hybridized carbons (Fsp3) is 0.211. The van der Waals surface area contributed by atoms with Gasteiger partial charge in [-0.1, -0.05) is 18.2 Å². The molecule has 0 N–H and O–H groups in total. The molecule has 0 fully saturated rings. The zero-order valence-corrected chi connectivity index (χ0v) is 15.6. The molecular weight excluding hydrogens is 419 g/mol. The van der Waals surface area contributed by atoms with Crippen molar-refractivity contribution in [2.45, 2.75) is 13.8 Å². The summed E-state index contributed by atoms with van der Waals surface area (Å²) in [5, 5.41) is 0.440. The highest BCUT2D eigenvalue weighted by Gasteiger charge is 2.15. The van der Waals surface area contributed by atoms with Crippen molar-refractivity contribution >= 4 is 33.6 Å². The van der Waals surface area contributed by atoms with Crippen molar-refractivity contribution in [3.05, 3.63) is 56.3 Å². The van der Waals surface area contributed by atoms with E-state index < -0.39 is 0 Å². The van der Waals surface area contributed by atoms with Crippen molar-refractivity contribution in [3.63, 3.8) is 0 Å². The zero-order valence-electron chi connectivity index (χ0n) is 13.5. The van der Waals surface area contributed by atoms with Crippen LogP contribution in [0.15, 0.2) is 51.7 Å². The fourth-order valence-electron chi connectivity index (χ4n) is 2.54. The highest BCUT2D eigenvalue weighted by molar-refractivity contribution is 14.1. The van der Waals surface area contributed by atoms with Gasteiger partial charge < -0.3 is 13.9 Å². The second-order valence-corrected chi connectivity index (χ2v) is 6.28. The maximum absolute atomic E-state index is 12.7. The summed E-state index contributed by atoms with van der Waals surface area (Å²) in [5.74, 6) is 1.65. The average Bonchev–Trinajstić information content (AvgIpc) is 2.55. The first-order valence-corrected chi connectivity index (χ1v) is 8.84. The van der Waals surface area contributed by atoms with Gasteiger partial charge >= 0.3 is 0 Å². The Balaban J connectivity index is 2.26. The minimum Gasteiger partial charge on any atom is -0.494 e. The fourth-order valence-corrected chi connectivity index (χ4v) is 3.19. The maximum atomic E-state index is 12.7. The Hall–Kier alpha value is -2.02. The summed E-state index contributed by atoms with van der Waals surface area (Å²) in [6.07, 6.45) is 0. The van der Waals surface area contributed by atoms with Gasteiger partial charge in [0.25, 0.3) is 0 Å². The van der Waals surface area contributed by atoms with Gasteiger partial charge in [0.2, 0.25) is 0 Å². The predicted octanol–water partition coefficient (Wildman–Crippen LogP) is 4.86. The first-order valence-electron chi connectivity index (χ1n) is 7.76. The Morgan fingerprint density at radius 2 is 1.79 bits per heavy atom. The molecule has 0 atom stereocenters. The van der Waals surface area contributed by atoms with Crippen LogP contribution in [-0.4, -0.2) is 13.2 Å². The molecule has 3 rings (SSSR count). The normalized spacial score (nSPS) is 10.8. The lowest BCUT2D eigenvalue weighted by atomic mass is 10.1. The van der Waals surface area contributed by atoms with E-state index in [0.717, 1.165) is 9.13 Å². The largest absolute Gasteiger partial charge is 0.494 e. The Kier molecular flexibility index (Phi) is 5.08. The zero-order chi connectivity index (χ0) is 17.1. The molecule has 3 aromatic rings. The van der Waals surface area contributed by atoms with E-state index in [2.05, 4.69) is 22.6 Å². The molecule has 0 unspecified atom stereocenters. The SMILES string of the molecule is CCOc1cc(OCC)c2c(=O)cc(-c3ccccc3I)oc2c1. The van der Waals surface area contributed by atoms with E-state index in [1.807, 2.05) is 38.1 Å². The lowest BCUT2D eigenvalue weighted by molar-refractivity contribution is 0.325. The Labute approximate surface area is 153 Å². The van der Waals surface area contributed by atoms with Crippen LogP contribution >= 0.6 is 22.6 Å². The molecule has 0 aliphatic heterocycles. The summed E-state index contributed by atoms with van der Waals surface area (Å²) >= 11 is 2.23. The van der Waals surface area contributed by atoms with E-state index in [1.54, 1.807) is 12.1 Å². The molecular formula is C19H17IO4. The molecule has 2 aromatic carbocycles. The Morgan fingerprint density at radius 1 is 1.04 bits per heavy atom. The molecule has 5 heteroatoms. The van der Waals surface area contributed by atoms with E-state index in [4.69, 9.17) is 13.9 Å². The molecule has 1 heterocycles. The number of hydrogen-bond acceptors (Lipinski definition) is 4. The molecule has 0 saturated carbocycles. The number of halogens is 1. The van der Waals surface area contributed by atoms with Gasteiger partial charge in [-0.2, -0.15) is 0 Å².